The number of esters is 1. The molecule has 1 aliphatic carbocycles. The van der Waals surface area contributed by atoms with Crippen molar-refractivity contribution in [1.82, 2.24) is 0 Å². The van der Waals surface area contributed by atoms with Crippen molar-refractivity contribution >= 4 is 34.4 Å². The fraction of sp³-hybridized carbons (Fsp3) is 0.571. The van der Waals surface area contributed by atoms with Crippen LogP contribution >= 0.6 is 23.5 Å². The van der Waals surface area contributed by atoms with Gasteiger partial charge in [-0.15, -0.1) is 11.8 Å². The van der Waals surface area contributed by atoms with Gasteiger partial charge >= 0.3 is 5.97 Å². The first-order chi connectivity index (χ1) is 19.9. The van der Waals surface area contributed by atoms with Crippen LogP contribution in [0.1, 0.15) is 98.6 Å². The van der Waals surface area contributed by atoms with Gasteiger partial charge in [0.1, 0.15) is 5.76 Å². The van der Waals surface area contributed by atoms with Crippen molar-refractivity contribution < 1.29 is 23.7 Å². The predicted octanol–water partition coefficient (Wildman–Crippen LogP) is 9.55. The molecule has 42 heavy (non-hydrogen) atoms. The molecule has 232 valence electrons. The molecule has 0 N–H and O–H groups in total. The third-order valence-corrected chi connectivity index (χ3v) is 9.66. The van der Waals surface area contributed by atoms with Crippen LogP contribution in [0.5, 0.6) is 0 Å². The van der Waals surface area contributed by atoms with Crippen molar-refractivity contribution in [2.24, 2.45) is 0 Å². The number of hydrogen-bond donors (Lipinski definition) is 0. The summed E-state index contributed by atoms with van der Waals surface area (Å²) in [6, 6.07) is 8.97. The Morgan fingerprint density at radius 1 is 1.10 bits per heavy atom. The van der Waals surface area contributed by atoms with Crippen molar-refractivity contribution in [2.75, 3.05) is 19.0 Å². The second kappa shape index (κ2) is 16.2. The third-order valence-electron chi connectivity index (χ3n) is 7.11. The number of carbonyl (C=O) groups is 1. The Morgan fingerprint density at radius 3 is 2.40 bits per heavy atom. The molecule has 0 aromatic heterocycles. The van der Waals surface area contributed by atoms with E-state index in [2.05, 4.69) is 77.1 Å². The summed E-state index contributed by atoms with van der Waals surface area (Å²) in [5.74, 6) is 1.36. The van der Waals surface area contributed by atoms with Crippen molar-refractivity contribution in [3.63, 3.8) is 0 Å². The van der Waals surface area contributed by atoms with Crippen LogP contribution in [-0.2, 0) is 29.2 Å². The molecular weight excluding hydrogens is 565 g/mol. The summed E-state index contributed by atoms with van der Waals surface area (Å²) in [5.41, 5.74) is 1.68. The lowest BCUT2D eigenvalue weighted by atomic mass is 9.87. The standard InChI is InChI=1S/C35H50O5S2/c1-9-13-30(26-15-17-27(18-16-26)34(4,5)6)42-31(25(3)39-32-14-11-12-23-38-32)24-41-29-21-19-28(20-22-29)40-35(7,8)33(36)37-10-2/h13,15-19,21-22,28,32H,9-12,14,20,23-24H2,1-8H3/b30-13-,31-25+. The highest BCUT2D eigenvalue weighted by Gasteiger charge is 2.33. The van der Waals surface area contributed by atoms with Crippen molar-refractivity contribution in [2.45, 2.75) is 111 Å². The molecule has 1 fully saturated rings. The zero-order valence-electron chi connectivity index (χ0n) is 26.8. The van der Waals surface area contributed by atoms with Gasteiger partial charge in [-0.3, -0.25) is 0 Å². The van der Waals surface area contributed by atoms with Crippen LogP contribution in [0, 0.1) is 0 Å². The van der Waals surface area contributed by atoms with Crippen LogP contribution in [0.4, 0.5) is 0 Å². The van der Waals surface area contributed by atoms with E-state index < -0.39 is 5.60 Å². The number of benzene rings is 1. The van der Waals surface area contributed by atoms with Crippen LogP contribution in [0.15, 0.2) is 64.1 Å². The molecule has 1 saturated heterocycles. The van der Waals surface area contributed by atoms with Crippen LogP contribution in [0.2, 0.25) is 0 Å². The first-order valence-electron chi connectivity index (χ1n) is 15.3. The Kier molecular flexibility index (Phi) is 13.4. The average molecular weight is 615 g/mol. The van der Waals surface area contributed by atoms with Gasteiger partial charge in [-0.1, -0.05) is 88.0 Å². The minimum absolute atomic E-state index is 0.117. The quantitative estimate of drug-likeness (QED) is 0.162. The van der Waals surface area contributed by atoms with Gasteiger partial charge < -0.3 is 18.9 Å². The van der Waals surface area contributed by atoms with Gasteiger partial charge in [-0.2, -0.15) is 0 Å². The molecule has 0 bridgehead atoms. The lowest BCUT2D eigenvalue weighted by molar-refractivity contribution is -0.171. The minimum atomic E-state index is -0.987. The number of thioether (sulfide) groups is 2. The van der Waals surface area contributed by atoms with Crippen LogP contribution in [0.25, 0.3) is 4.91 Å². The summed E-state index contributed by atoms with van der Waals surface area (Å²) in [6.07, 6.45) is 13.1. The van der Waals surface area contributed by atoms with Gasteiger partial charge in [0.05, 0.1) is 19.3 Å². The number of hydrogen-bond acceptors (Lipinski definition) is 7. The predicted molar refractivity (Wildman–Crippen MR) is 178 cm³/mol. The molecule has 0 amide bonds. The summed E-state index contributed by atoms with van der Waals surface area (Å²) < 4.78 is 23.5. The molecule has 2 unspecified atom stereocenters. The van der Waals surface area contributed by atoms with E-state index in [4.69, 9.17) is 18.9 Å². The molecule has 3 rings (SSSR count). The van der Waals surface area contributed by atoms with Crippen LogP contribution in [0.3, 0.4) is 0 Å². The number of allylic oxidation sites excluding steroid dienone is 3. The number of ether oxygens (including phenoxy) is 4. The molecule has 7 heteroatoms. The van der Waals surface area contributed by atoms with Crippen molar-refractivity contribution in [3.8, 4) is 0 Å². The number of carbonyl (C=O) groups excluding carboxylic acids is 1. The topological polar surface area (TPSA) is 54.0 Å². The third kappa shape index (κ3) is 10.7. The van der Waals surface area contributed by atoms with Gasteiger partial charge in [-0.05, 0) is 69.9 Å². The average Bonchev–Trinajstić information content (AvgIpc) is 2.95. The summed E-state index contributed by atoms with van der Waals surface area (Å²) >= 11 is 3.59. The van der Waals surface area contributed by atoms with E-state index in [0.29, 0.717) is 13.0 Å². The maximum absolute atomic E-state index is 12.3. The molecule has 1 aromatic rings. The van der Waals surface area contributed by atoms with E-state index in [1.165, 1.54) is 25.8 Å². The highest BCUT2D eigenvalue weighted by Crippen LogP contribution is 2.40. The fourth-order valence-corrected chi connectivity index (χ4v) is 6.86. The van der Waals surface area contributed by atoms with Gasteiger partial charge in [0, 0.05) is 26.9 Å². The first-order valence-corrected chi connectivity index (χ1v) is 17.1. The van der Waals surface area contributed by atoms with E-state index in [0.717, 1.165) is 43.8 Å². The smallest absolute Gasteiger partial charge is 0.337 e. The van der Waals surface area contributed by atoms with Crippen molar-refractivity contribution in [1.29, 1.82) is 0 Å². The SMILES string of the molecule is CC/C=C(\S/C(CSC1=CCC(OC(C)(C)C(=O)OCC)C=C1)=C(\C)OC1CCCCO1)c1ccc(C(C)(C)C)cc1. The molecule has 1 aromatic carbocycles. The lowest BCUT2D eigenvalue weighted by Crippen LogP contribution is -2.39. The Hall–Kier alpha value is -1.93. The molecule has 0 radical (unpaired) electrons. The molecule has 2 aliphatic rings. The molecule has 5 nitrogen and oxygen atoms in total. The van der Waals surface area contributed by atoms with Gasteiger partial charge in [0.25, 0.3) is 0 Å². The second-order valence-corrected chi connectivity index (χ2v) is 14.4. The molecule has 2 atom stereocenters. The molecule has 1 heterocycles. The Bertz CT molecular complexity index is 1150. The molecule has 0 spiro atoms. The largest absolute Gasteiger partial charge is 0.469 e. The zero-order chi connectivity index (χ0) is 30.8. The maximum Gasteiger partial charge on any atom is 0.337 e. The monoisotopic (exact) mass is 614 g/mol. The van der Waals surface area contributed by atoms with Gasteiger partial charge in [0.15, 0.2) is 11.9 Å². The minimum Gasteiger partial charge on any atom is -0.469 e. The van der Waals surface area contributed by atoms with Crippen LogP contribution in [-0.4, -0.2) is 42.9 Å². The Labute approximate surface area is 262 Å². The zero-order valence-corrected chi connectivity index (χ0v) is 28.4. The van der Waals surface area contributed by atoms with Gasteiger partial charge in [-0.25, -0.2) is 4.79 Å². The van der Waals surface area contributed by atoms with E-state index in [9.17, 15) is 4.79 Å². The fourth-order valence-electron chi connectivity index (χ4n) is 4.60. The first kappa shape index (κ1) is 34.6. The van der Waals surface area contributed by atoms with E-state index >= 15 is 0 Å². The van der Waals surface area contributed by atoms with E-state index in [-0.39, 0.29) is 23.8 Å². The summed E-state index contributed by atoms with van der Waals surface area (Å²) in [5, 5.41) is 0. The van der Waals surface area contributed by atoms with Crippen LogP contribution < -0.4 is 0 Å². The molecular formula is C35H50O5S2. The molecule has 0 saturated carbocycles. The Balaban J connectivity index is 1.74. The second-order valence-electron chi connectivity index (χ2n) is 12.2. The summed E-state index contributed by atoms with van der Waals surface area (Å²) in [7, 11) is 0. The molecule has 1 aliphatic heterocycles. The van der Waals surface area contributed by atoms with E-state index in [1.54, 1.807) is 44.3 Å². The Morgan fingerprint density at radius 2 is 1.83 bits per heavy atom. The highest BCUT2D eigenvalue weighted by molar-refractivity contribution is 8.13. The summed E-state index contributed by atoms with van der Waals surface area (Å²) in [6.45, 7) is 17.4. The van der Waals surface area contributed by atoms with Gasteiger partial charge in [0.2, 0.25) is 0 Å². The normalized spacial score (nSPS) is 20.6. The summed E-state index contributed by atoms with van der Waals surface area (Å²) in [4.78, 5) is 15.9. The highest BCUT2D eigenvalue weighted by atomic mass is 32.2. The maximum atomic E-state index is 12.3. The van der Waals surface area contributed by atoms with Crippen molar-refractivity contribution in [3.05, 3.63) is 75.3 Å². The van der Waals surface area contributed by atoms with E-state index in [1.807, 2.05) is 6.08 Å². The lowest BCUT2D eigenvalue weighted by Gasteiger charge is -2.28. The number of rotatable bonds is 13.